The van der Waals surface area contributed by atoms with Crippen molar-refractivity contribution in [2.45, 2.75) is 26.2 Å². The number of carbonyl (C=O) groups is 1. The first-order valence-electron chi connectivity index (χ1n) is 9.30. The summed E-state index contributed by atoms with van der Waals surface area (Å²) in [4.78, 5) is 21.4. The lowest BCUT2D eigenvalue weighted by molar-refractivity contribution is -0.116. The third kappa shape index (κ3) is 2.58. The zero-order valence-electron chi connectivity index (χ0n) is 15.7. The zero-order chi connectivity index (χ0) is 19.6. The minimum atomic E-state index is -0.0547. The van der Waals surface area contributed by atoms with E-state index in [1.165, 1.54) is 17.4 Å². The predicted octanol–water partition coefficient (Wildman–Crippen LogP) is 4.17. The first-order chi connectivity index (χ1) is 13.5. The van der Waals surface area contributed by atoms with E-state index in [2.05, 4.69) is 16.7 Å². The van der Waals surface area contributed by atoms with Gasteiger partial charge in [-0.05, 0) is 43.2 Å². The minimum absolute atomic E-state index is 0.0547. The molecule has 2 aromatic heterocycles. The van der Waals surface area contributed by atoms with Gasteiger partial charge in [-0.3, -0.25) is 4.79 Å². The number of aromatic amines is 1. The summed E-state index contributed by atoms with van der Waals surface area (Å²) in [5.74, 6) is 1.94. The van der Waals surface area contributed by atoms with Gasteiger partial charge >= 0.3 is 0 Å². The number of rotatable bonds is 4. The summed E-state index contributed by atoms with van der Waals surface area (Å²) in [6.45, 7) is 5.40. The molecule has 2 unspecified atom stereocenters. The van der Waals surface area contributed by atoms with Crippen LogP contribution >= 0.6 is 12.3 Å². The van der Waals surface area contributed by atoms with Crippen LogP contribution in [0.15, 0.2) is 18.7 Å². The van der Waals surface area contributed by atoms with Crippen LogP contribution in [0.2, 0.25) is 0 Å². The van der Waals surface area contributed by atoms with Crippen molar-refractivity contribution in [2.24, 2.45) is 11.8 Å². The van der Waals surface area contributed by atoms with Crippen LogP contribution in [0.1, 0.15) is 30.2 Å². The second-order valence-corrected chi connectivity index (χ2v) is 8.16. The predicted molar refractivity (Wildman–Crippen MR) is 110 cm³/mol. The molecule has 6 nitrogen and oxygen atoms in total. The number of anilines is 1. The minimum Gasteiger partial charge on any atom is -0.336 e. The van der Waals surface area contributed by atoms with Gasteiger partial charge in [-0.25, -0.2) is 4.98 Å². The molecular formula is C20H20FN5OS. The highest BCUT2D eigenvalue weighted by molar-refractivity contribution is 7.92. The Bertz CT molecular complexity index is 1130. The van der Waals surface area contributed by atoms with E-state index < -0.39 is 0 Å². The molecule has 1 aromatic carbocycles. The number of nitrogens with one attached hydrogen (secondary N) is 1. The summed E-state index contributed by atoms with van der Waals surface area (Å²) < 4.78 is 14.9. The van der Waals surface area contributed by atoms with E-state index in [4.69, 9.17) is 4.98 Å². The Morgan fingerprint density at radius 1 is 1.43 bits per heavy atom. The number of hydrogen-bond acceptors (Lipinski definition) is 4. The number of imidazole rings is 1. The lowest BCUT2D eigenvalue weighted by Crippen LogP contribution is -2.22. The topological polar surface area (TPSA) is 66.8 Å². The molecule has 0 radical (unpaired) electrons. The number of aromatic nitrogens is 4. The van der Waals surface area contributed by atoms with Crippen LogP contribution in [0.25, 0.3) is 28.6 Å². The lowest BCUT2D eigenvalue weighted by Gasteiger charge is -2.15. The number of H-pyrrole nitrogens is 1. The van der Waals surface area contributed by atoms with Gasteiger partial charge in [-0.2, -0.15) is 9.19 Å². The Morgan fingerprint density at radius 3 is 2.93 bits per heavy atom. The quantitative estimate of drug-likeness (QED) is 0.718. The molecule has 0 saturated heterocycles. The molecule has 2 atom stereocenters. The summed E-state index contributed by atoms with van der Waals surface area (Å²) in [6.07, 6.45) is 4.76. The molecule has 0 aliphatic heterocycles. The average Bonchev–Trinajstić information content (AvgIpc) is 3.17. The molecule has 0 bridgehead atoms. The molecule has 1 saturated carbocycles. The molecule has 28 heavy (non-hydrogen) atoms. The van der Waals surface area contributed by atoms with Crippen LogP contribution in [0.4, 0.5) is 9.57 Å². The molecule has 2 heterocycles. The fourth-order valence-corrected chi connectivity index (χ4v) is 4.60. The van der Waals surface area contributed by atoms with E-state index in [1.807, 2.05) is 12.1 Å². The number of hydrogen-bond donors (Lipinski definition) is 1. The molecule has 2 aliphatic rings. The number of benzene rings is 1. The molecule has 5 rings (SSSR count). The van der Waals surface area contributed by atoms with Crippen molar-refractivity contribution < 1.29 is 8.68 Å². The van der Waals surface area contributed by atoms with Crippen molar-refractivity contribution in [1.29, 1.82) is 0 Å². The highest BCUT2D eigenvalue weighted by Crippen LogP contribution is 2.50. The molecule has 144 valence electrons. The van der Waals surface area contributed by atoms with E-state index in [0.29, 0.717) is 17.7 Å². The summed E-state index contributed by atoms with van der Waals surface area (Å²) >= 11 is 0.147. The highest BCUT2D eigenvalue weighted by atomic mass is 32.2. The van der Waals surface area contributed by atoms with Gasteiger partial charge < -0.3 is 9.88 Å². The van der Waals surface area contributed by atoms with Gasteiger partial charge in [0, 0.05) is 30.8 Å². The third-order valence-electron chi connectivity index (χ3n) is 6.02. The fraction of sp³-hybridized carbons (Fsp3) is 0.350. The Labute approximate surface area is 166 Å². The number of nitrogens with zero attached hydrogens (tertiary/aromatic N) is 4. The first kappa shape index (κ1) is 17.5. The second-order valence-electron chi connectivity index (χ2n) is 7.68. The Hall–Kier alpha value is -2.61. The van der Waals surface area contributed by atoms with Crippen LogP contribution in [-0.4, -0.2) is 32.1 Å². The SMILES string of the molecule is C=Cc1cc(N(C)C(C)=O)cc2[nH]c(-c3nn(SF)c4c3CC3CC3C4)nc12. The molecular weight excluding hydrogens is 377 g/mol. The Kier molecular flexibility index (Phi) is 3.87. The molecule has 8 heteroatoms. The maximum Gasteiger partial charge on any atom is 0.223 e. The van der Waals surface area contributed by atoms with Crippen molar-refractivity contribution in [2.75, 3.05) is 11.9 Å². The number of halogens is 1. The van der Waals surface area contributed by atoms with Crippen molar-refractivity contribution in [3.05, 3.63) is 35.5 Å². The summed E-state index contributed by atoms with van der Waals surface area (Å²) in [6, 6.07) is 3.78. The molecule has 2 aliphatic carbocycles. The van der Waals surface area contributed by atoms with E-state index in [9.17, 15) is 8.68 Å². The van der Waals surface area contributed by atoms with Gasteiger partial charge in [-0.15, -0.1) is 3.89 Å². The highest BCUT2D eigenvalue weighted by Gasteiger charge is 2.44. The van der Waals surface area contributed by atoms with Gasteiger partial charge in [0.1, 0.15) is 5.69 Å². The van der Waals surface area contributed by atoms with Gasteiger partial charge in [0.15, 0.2) is 18.2 Å². The standard InChI is InChI=1S/C20H20FN5OS/c1-4-11-6-14(25(3)10(2)27)9-16-18(11)23-20(22-16)19-15-7-12-5-13(12)8-17(15)26(24-19)28-21/h4,6,9,12-13H,1,5,7-8H2,2-3H3,(H,22,23). The van der Waals surface area contributed by atoms with Gasteiger partial charge in [-0.1, -0.05) is 12.7 Å². The maximum absolute atomic E-state index is 13.5. The van der Waals surface area contributed by atoms with Crippen molar-refractivity contribution in [3.63, 3.8) is 0 Å². The summed E-state index contributed by atoms with van der Waals surface area (Å²) in [5, 5.41) is 4.49. The summed E-state index contributed by atoms with van der Waals surface area (Å²) in [7, 11) is 1.73. The van der Waals surface area contributed by atoms with Crippen LogP contribution in [0.5, 0.6) is 0 Å². The maximum atomic E-state index is 13.5. The van der Waals surface area contributed by atoms with E-state index >= 15 is 0 Å². The van der Waals surface area contributed by atoms with E-state index in [0.717, 1.165) is 52.1 Å². The van der Waals surface area contributed by atoms with Crippen LogP contribution < -0.4 is 4.90 Å². The van der Waals surface area contributed by atoms with Crippen LogP contribution in [-0.2, 0) is 17.6 Å². The van der Waals surface area contributed by atoms with E-state index in [-0.39, 0.29) is 18.2 Å². The van der Waals surface area contributed by atoms with Gasteiger partial charge in [0.25, 0.3) is 0 Å². The largest absolute Gasteiger partial charge is 0.336 e. The van der Waals surface area contributed by atoms with Crippen LogP contribution in [0.3, 0.4) is 0 Å². The van der Waals surface area contributed by atoms with Crippen molar-refractivity contribution in [3.8, 4) is 11.5 Å². The Balaban J connectivity index is 1.66. The Morgan fingerprint density at radius 2 is 2.21 bits per heavy atom. The lowest BCUT2D eigenvalue weighted by atomic mass is 9.96. The third-order valence-corrected chi connectivity index (χ3v) is 6.45. The zero-order valence-corrected chi connectivity index (χ0v) is 16.5. The number of fused-ring (bicyclic) bond motifs is 3. The van der Waals surface area contributed by atoms with Crippen molar-refractivity contribution in [1.82, 2.24) is 19.2 Å². The second kappa shape index (κ2) is 6.20. The van der Waals surface area contributed by atoms with Gasteiger partial charge in [0.2, 0.25) is 5.91 Å². The molecule has 0 spiro atoms. The molecule has 1 amide bonds. The smallest absolute Gasteiger partial charge is 0.223 e. The first-order valence-corrected chi connectivity index (χ1v) is 9.98. The molecule has 3 aromatic rings. The average molecular weight is 397 g/mol. The molecule has 1 fully saturated rings. The van der Waals surface area contributed by atoms with E-state index in [1.54, 1.807) is 18.0 Å². The van der Waals surface area contributed by atoms with Crippen LogP contribution in [0, 0.1) is 11.8 Å². The normalized spacial score (nSPS) is 20.0. The fourth-order valence-electron chi connectivity index (χ4n) is 4.22. The van der Waals surface area contributed by atoms with Gasteiger partial charge in [0.05, 0.1) is 16.7 Å². The number of amides is 1. The number of carbonyl (C=O) groups excluding carboxylic acids is 1. The molecule has 1 N–H and O–H groups in total. The monoisotopic (exact) mass is 397 g/mol. The summed E-state index contributed by atoms with van der Waals surface area (Å²) in [5.41, 5.74) is 5.95. The van der Waals surface area contributed by atoms with Crippen molar-refractivity contribution >= 4 is 41.0 Å².